The van der Waals surface area contributed by atoms with Gasteiger partial charge in [0.1, 0.15) is 12.4 Å². The molecule has 0 atom stereocenters. The van der Waals surface area contributed by atoms with Crippen molar-refractivity contribution in [1.82, 2.24) is 4.57 Å². The molecule has 0 aliphatic heterocycles. The average Bonchev–Trinajstić information content (AvgIpc) is 2.98. The zero-order chi connectivity index (χ0) is 21.0. The summed E-state index contributed by atoms with van der Waals surface area (Å²) in [6.07, 6.45) is -0.0694. The number of thiazole rings is 1. The van der Waals surface area contributed by atoms with E-state index < -0.39 is 22.6 Å². The Bertz CT molecular complexity index is 1150. The van der Waals surface area contributed by atoms with Crippen molar-refractivity contribution in [2.45, 2.75) is 19.9 Å². The number of hydrogen-bond acceptors (Lipinski definition) is 6. The van der Waals surface area contributed by atoms with Crippen LogP contribution in [0, 0.1) is 15.9 Å². The Morgan fingerprint density at radius 2 is 1.97 bits per heavy atom. The molecule has 0 saturated heterocycles. The summed E-state index contributed by atoms with van der Waals surface area (Å²) in [5.41, 5.74) is 1.05. The maximum Gasteiger partial charge on any atom is 0.326 e. The number of nitrogens with zero attached hydrogens (tertiary/aromatic N) is 3. The van der Waals surface area contributed by atoms with E-state index in [2.05, 4.69) is 4.99 Å². The topological polar surface area (TPSA) is 104 Å². The molecule has 10 heteroatoms. The highest BCUT2D eigenvalue weighted by atomic mass is 32.1. The summed E-state index contributed by atoms with van der Waals surface area (Å²) in [5.74, 6) is -1.44. The fraction of sp³-hybridized carbons (Fsp3) is 0.211. The van der Waals surface area contributed by atoms with E-state index in [0.717, 1.165) is 11.3 Å². The lowest BCUT2D eigenvalue weighted by Crippen LogP contribution is -2.23. The first-order valence-electron chi connectivity index (χ1n) is 8.62. The van der Waals surface area contributed by atoms with Crippen molar-refractivity contribution in [2.24, 2.45) is 4.99 Å². The molecule has 0 unspecified atom stereocenters. The van der Waals surface area contributed by atoms with Crippen LogP contribution in [-0.2, 0) is 27.3 Å². The number of benzene rings is 2. The van der Waals surface area contributed by atoms with Gasteiger partial charge in [-0.25, -0.2) is 4.39 Å². The van der Waals surface area contributed by atoms with Crippen LogP contribution >= 0.6 is 11.3 Å². The van der Waals surface area contributed by atoms with Gasteiger partial charge in [0.2, 0.25) is 0 Å². The molecule has 8 nitrogen and oxygen atoms in total. The molecule has 3 aromatic rings. The van der Waals surface area contributed by atoms with Crippen LogP contribution in [0.2, 0.25) is 0 Å². The van der Waals surface area contributed by atoms with E-state index in [-0.39, 0.29) is 30.1 Å². The smallest absolute Gasteiger partial charge is 0.326 e. The molecule has 2 aromatic carbocycles. The van der Waals surface area contributed by atoms with E-state index in [1.54, 1.807) is 6.92 Å². The van der Waals surface area contributed by atoms with E-state index in [0.29, 0.717) is 15.8 Å². The van der Waals surface area contributed by atoms with Crippen molar-refractivity contribution in [3.63, 3.8) is 0 Å². The Morgan fingerprint density at radius 3 is 2.62 bits per heavy atom. The van der Waals surface area contributed by atoms with Crippen molar-refractivity contribution in [1.29, 1.82) is 0 Å². The van der Waals surface area contributed by atoms with Gasteiger partial charge in [0.25, 0.3) is 11.6 Å². The molecule has 0 N–H and O–H groups in total. The monoisotopic (exact) mass is 417 g/mol. The minimum Gasteiger partial charge on any atom is -0.465 e. The minimum atomic E-state index is -0.523. The normalized spacial score (nSPS) is 11.6. The first-order valence-corrected chi connectivity index (χ1v) is 9.44. The summed E-state index contributed by atoms with van der Waals surface area (Å²) in [4.78, 5) is 38.9. The number of rotatable bonds is 6. The lowest BCUT2D eigenvalue weighted by atomic mass is 10.1. The van der Waals surface area contributed by atoms with Crippen LogP contribution in [0.1, 0.15) is 12.5 Å². The molecule has 150 valence electrons. The SMILES string of the molecule is CCOC(=O)Cn1c(=NC(=O)Cc2ccc([N+](=O)[O-])cc2)sc2cc(F)ccc21. The fourth-order valence-corrected chi connectivity index (χ4v) is 3.75. The van der Waals surface area contributed by atoms with Crippen molar-refractivity contribution < 1.29 is 23.6 Å². The minimum absolute atomic E-state index is 0.0694. The van der Waals surface area contributed by atoms with Gasteiger partial charge in [0.15, 0.2) is 4.80 Å². The molecule has 0 fully saturated rings. The number of carbonyl (C=O) groups is 2. The highest BCUT2D eigenvalue weighted by Crippen LogP contribution is 2.19. The number of ether oxygens (including phenoxy) is 1. The third-order valence-electron chi connectivity index (χ3n) is 3.96. The third-order valence-corrected chi connectivity index (χ3v) is 5.00. The molecule has 1 heterocycles. The molecule has 0 aliphatic carbocycles. The second kappa shape index (κ2) is 8.74. The number of fused-ring (bicyclic) bond motifs is 1. The van der Waals surface area contributed by atoms with Crippen molar-refractivity contribution >= 4 is 39.1 Å². The number of non-ortho nitro benzene ring substituents is 1. The van der Waals surface area contributed by atoms with Gasteiger partial charge < -0.3 is 9.30 Å². The predicted octanol–water partition coefficient (Wildman–Crippen LogP) is 2.98. The van der Waals surface area contributed by atoms with Crippen molar-refractivity contribution in [2.75, 3.05) is 6.61 Å². The van der Waals surface area contributed by atoms with Gasteiger partial charge in [-0.2, -0.15) is 4.99 Å². The number of esters is 1. The Labute approximate surface area is 168 Å². The number of nitro groups is 1. The molecule has 0 radical (unpaired) electrons. The number of hydrogen-bond donors (Lipinski definition) is 0. The van der Waals surface area contributed by atoms with Gasteiger partial charge in [-0.1, -0.05) is 23.5 Å². The summed E-state index contributed by atoms with van der Waals surface area (Å²) in [5, 5.41) is 10.7. The van der Waals surface area contributed by atoms with E-state index >= 15 is 0 Å². The van der Waals surface area contributed by atoms with Crippen LogP contribution < -0.4 is 4.80 Å². The third kappa shape index (κ3) is 4.91. The van der Waals surface area contributed by atoms with Gasteiger partial charge >= 0.3 is 5.97 Å². The van der Waals surface area contributed by atoms with Crippen LogP contribution in [0.15, 0.2) is 47.5 Å². The van der Waals surface area contributed by atoms with Crippen LogP contribution in [0.5, 0.6) is 0 Å². The zero-order valence-electron chi connectivity index (χ0n) is 15.3. The van der Waals surface area contributed by atoms with Crippen LogP contribution in [0.3, 0.4) is 0 Å². The molecule has 0 spiro atoms. The van der Waals surface area contributed by atoms with Gasteiger partial charge in [0.05, 0.1) is 28.2 Å². The van der Waals surface area contributed by atoms with Crippen LogP contribution in [0.4, 0.5) is 10.1 Å². The summed E-state index contributed by atoms with van der Waals surface area (Å²) in [7, 11) is 0. The predicted molar refractivity (Wildman–Crippen MR) is 104 cm³/mol. The Hall–Kier alpha value is -3.40. The van der Waals surface area contributed by atoms with Gasteiger partial charge in [-0.05, 0) is 30.7 Å². The molecule has 0 aliphatic rings. The van der Waals surface area contributed by atoms with Gasteiger partial charge in [0, 0.05) is 12.1 Å². The summed E-state index contributed by atoms with van der Waals surface area (Å²) < 4.78 is 20.6. The first kappa shape index (κ1) is 20.3. The van der Waals surface area contributed by atoms with Crippen LogP contribution in [-0.4, -0.2) is 28.0 Å². The maximum atomic E-state index is 13.6. The van der Waals surface area contributed by atoms with Crippen LogP contribution in [0.25, 0.3) is 10.2 Å². The molecular weight excluding hydrogens is 401 g/mol. The van der Waals surface area contributed by atoms with Crippen molar-refractivity contribution in [3.8, 4) is 0 Å². The van der Waals surface area contributed by atoms with Gasteiger partial charge in [-0.3, -0.25) is 19.7 Å². The molecule has 29 heavy (non-hydrogen) atoms. The highest BCUT2D eigenvalue weighted by molar-refractivity contribution is 7.16. The highest BCUT2D eigenvalue weighted by Gasteiger charge is 2.13. The number of carbonyl (C=O) groups excluding carboxylic acids is 2. The number of aromatic nitrogens is 1. The van der Waals surface area contributed by atoms with E-state index in [4.69, 9.17) is 4.74 Å². The number of amides is 1. The molecular formula is C19H16FN3O5S. The quantitative estimate of drug-likeness (QED) is 0.348. The molecule has 1 amide bonds. The molecule has 3 rings (SSSR count). The van der Waals surface area contributed by atoms with E-state index in [1.165, 1.54) is 47.0 Å². The largest absolute Gasteiger partial charge is 0.465 e. The maximum absolute atomic E-state index is 13.6. The molecule has 0 bridgehead atoms. The lowest BCUT2D eigenvalue weighted by Gasteiger charge is -2.05. The Balaban J connectivity index is 1.93. The molecule has 1 aromatic heterocycles. The summed E-state index contributed by atoms with van der Waals surface area (Å²) in [6, 6.07) is 9.68. The zero-order valence-corrected chi connectivity index (χ0v) is 16.1. The van der Waals surface area contributed by atoms with E-state index in [1.807, 2.05) is 0 Å². The fourth-order valence-electron chi connectivity index (χ4n) is 2.68. The lowest BCUT2D eigenvalue weighted by molar-refractivity contribution is -0.384. The summed E-state index contributed by atoms with van der Waals surface area (Å²) in [6.45, 7) is 1.73. The number of halogens is 1. The second-order valence-electron chi connectivity index (χ2n) is 5.99. The van der Waals surface area contributed by atoms with Gasteiger partial charge in [-0.15, -0.1) is 0 Å². The number of nitro benzene ring substituents is 1. The Morgan fingerprint density at radius 1 is 1.24 bits per heavy atom. The van der Waals surface area contributed by atoms with Crippen molar-refractivity contribution in [3.05, 3.63) is 68.8 Å². The Kier molecular flexibility index (Phi) is 6.13. The second-order valence-corrected chi connectivity index (χ2v) is 7.00. The summed E-state index contributed by atoms with van der Waals surface area (Å²) >= 11 is 1.08. The average molecular weight is 417 g/mol. The van der Waals surface area contributed by atoms with E-state index in [9.17, 15) is 24.1 Å². The first-order chi connectivity index (χ1) is 13.9. The standard InChI is InChI=1S/C19H16FN3O5S/c1-2-28-18(25)11-22-15-8-5-13(20)10-16(15)29-19(22)21-17(24)9-12-3-6-14(7-4-12)23(26)27/h3-8,10H,2,9,11H2,1H3. The molecule has 0 saturated carbocycles.